The number of fused-ring (bicyclic) bond motifs is 3. The number of imidazole rings is 1. The average molecular weight is 297 g/mol. The number of aldehydes is 1. The third kappa shape index (κ3) is 2.34. The lowest BCUT2D eigenvalue weighted by Crippen LogP contribution is -2.33. The van der Waals surface area contributed by atoms with Gasteiger partial charge in [-0.15, -0.1) is 0 Å². The Balaban J connectivity index is 2.17. The zero-order valence-electron chi connectivity index (χ0n) is 12.8. The van der Waals surface area contributed by atoms with Crippen LogP contribution in [0.4, 0.5) is 0 Å². The van der Waals surface area contributed by atoms with Crippen molar-refractivity contribution in [1.82, 2.24) is 4.40 Å². The molecule has 0 amide bonds. The maximum atomic E-state index is 11.4. The molecule has 0 spiro atoms. The zero-order chi connectivity index (χ0) is 15.5. The van der Waals surface area contributed by atoms with Crippen LogP contribution < -0.4 is 4.57 Å². The van der Waals surface area contributed by atoms with Crippen molar-refractivity contribution >= 4 is 22.7 Å². The largest absolute Gasteiger partial charge is 0.475 e. The molecule has 2 aromatic heterocycles. The van der Waals surface area contributed by atoms with Crippen LogP contribution in [-0.4, -0.2) is 15.8 Å². The van der Waals surface area contributed by atoms with Gasteiger partial charge in [-0.05, 0) is 30.4 Å². The van der Waals surface area contributed by atoms with Crippen LogP contribution in [0, 0.1) is 0 Å². The summed E-state index contributed by atoms with van der Waals surface area (Å²) in [6.45, 7) is 2.90. The molecule has 0 bridgehead atoms. The lowest BCUT2D eigenvalue weighted by Gasteiger charge is -2.01. The topological polar surface area (TPSA) is 45.6 Å². The van der Waals surface area contributed by atoms with E-state index in [9.17, 15) is 9.90 Å². The van der Waals surface area contributed by atoms with Crippen molar-refractivity contribution in [3.8, 4) is 5.88 Å². The molecule has 0 atom stereocenters. The highest BCUT2D eigenvalue weighted by molar-refractivity contribution is 5.94. The number of carbonyl (C=O) groups is 1. The molecule has 2 heterocycles. The number of aromatic hydroxyl groups is 1. The molecule has 0 saturated carbocycles. The highest BCUT2D eigenvalue weighted by atomic mass is 16.3. The second-order valence-electron chi connectivity index (χ2n) is 5.64. The van der Waals surface area contributed by atoms with Crippen LogP contribution in [-0.2, 0) is 6.54 Å². The second kappa shape index (κ2) is 6.18. The van der Waals surface area contributed by atoms with E-state index in [1.54, 1.807) is 4.40 Å². The Labute approximate surface area is 129 Å². The maximum absolute atomic E-state index is 11.4. The number of pyridine rings is 1. The number of aryl methyl sites for hydroxylation is 1. The van der Waals surface area contributed by atoms with Gasteiger partial charge in [0.05, 0.1) is 18.1 Å². The highest BCUT2D eigenvalue weighted by Gasteiger charge is 2.26. The Hall–Kier alpha value is -2.36. The van der Waals surface area contributed by atoms with Crippen LogP contribution in [0.2, 0.25) is 0 Å². The van der Waals surface area contributed by atoms with Crippen molar-refractivity contribution < 1.29 is 14.5 Å². The van der Waals surface area contributed by atoms with Crippen LogP contribution in [0.3, 0.4) is 0 Å². The number of carbonyl (C=O) groups excluding carboxylic acids is 1. The highest BCUT2D eigenvalue weighted by Crippen LogP contribution is 2.23. The van der Waals surface area contributed by atoms with E-state index in [0.717, 1.165) is 42.1 Å². The molecule has 3 aromatic rings. The average Bonchev–Trinajstić information content (AvgIpc) is 2.83. The molecule has 1 N–H and O–H groups in total. The quantitative estimate of drug-likeness (QED) is 0.430. The summed E-state index contributed by atoms with van der Waals surface area (Å²) in [5.74, 6) is 0.0582. The number of hydrogen-bond acceptors (Lipinski definition) is 2. The summed E-state index contributed by atoms with van der Waals surface area (Å²) in [7, 11) is 0. The van der Waals surface area contributed by atoms with Crippen molar-refractivity contribution in [2.24, 2.45) is 0 Å². The zero-order valence-corrected chi connectivity index (χ0v) is 12.8. The Morgan fingerprint density at radius 3 is 2.77 bits per heavy atom. The molecule has 1 aromatic carbocycles. The molecule has 0 fully saturated rings. The summed E-state index contributed by atoms with van der Waals surface area (Å²) >= 11 is 0. The molecule has 0 aliphatic heterocycles. The Morgan fingerprint density at radius 1 is 1.18 bits per heavy atom. The summed E-state index contributed by atoms with van der Waals surface area (Å²) in [6, 6.07) is 10.0. The van der Waals surface area contributed by atoms with Gasteiger partial charge in [-0.25, -0.2) is 0 Å². The van der Waals surface area contributed by atoms with Gasteiger partial charge in [-0.1, -0.05) is 38.0 Å². The summed E-state index contributed by atoms with van der Waals surface area (Å²) in [5, 5.41) is 12.6. The molecule has 3 rings (SSSR count). The summed E-state index contributed by atoms with van der Waals surface area (Å²) < 4.78 is 3.65. The van der Waals surface area contributed by atoms with Crippen LogP contribution >= 0.6 is 0 Å². The van der Waals surface area contributed by atoms with Crippen LogP contribution in [0.25, 0.3) is 16.4 Å². The number of unbranched alkanes of at least 4 members (excludes halogenated alkanes) is 3. The van der Waals surface area contributed by atoms with Crippen molar-refractivity contribution in [2.45, 2.75) is 39.2 Å². The smallest absolute Gasteiger partial charge is 0.334 e. The van der Waals surface area contributed by atoms with E-state index in [1.165, 1.54) is 12.8 Å². The van der Waals surface area contributed by atoms with Crippen molar-refractivity contribution in [3.63, 3.8) is 0 Å². The lowest BCUT2D eigenvalue weighted by molar-refractivity contribution is -0.676. The van der Waals surface area contributed by atoms with Crippen LogP contribution in [0.5, 0.6) is 5.88 Å². The number of rotatable bonds is 6. The van der Waals surface area contributed by atoms with Gasteiger partial charge in [0, 0.05) is 0 Å². The molecule has 114 valence electrons. The van der Waals surface area contributed by atoms with E-state index in [4.69, 9.17) is 0 Å². The normalized spacial score (nSPS) is 11.3. The Morgan fingerprint density at radius 2 is 2.00 bits per heavy atom. The Kier molecular flexibility index (Phi) is 4.09. The number of hydrogen-bond donors (Lipinski definition) is 1. The molecule has 4 heteroatoms. The van der Waals surface area contributed by atoms with E-state index < -0.39 is 0 Å². The van der Waals surface area contributed by atoms with Crippen LogP contribution in [0.1, 0.15) is 43.1 Å². The predicted molar refractivity (Wildman–Crippen MR) is 86.3 cm³/mol. The third-order valence-corrected chi connectivity index (χ3v) is 4.18. The monoisotopic (exact) mass is 297 g/mol. The fourth-order valence-corrected chi connectivity index (χ4v) is 3.04. The third-order valence-electron chi connectivity index (χ3n) is 4.18. The van der Waals surface area contributed by atoms with Gasteiger partial charge >= 0.3 is 5.88 Å². The molecule has 0 unspecified atom stereocenters. The maximum Gasteiger partial charge on any atom is 0.334 e. The van der Waals surface area contributed by atoms with Gasteiger partial charge in [0.15, 0.2) is 6.29 Å². The second-order valence-corrected chi connectivity index (χ2v) is 5.64. The first-order chi connectivity index (χ1) is 10.8. The molecule has 0 aliphatic carbocycles. The minimum absolute atomic E-state index is 0.0582. The van der Waals surface area contributed by atoms with Gasteiger partial charge in [0.1, 0.15) is 0 Å². The molecule has 0 radical (unpaired) electrons. The van der Waals surface area contributed by atoms with Crippen molar-refractivity contribution in [3.05, 3.63) is 42.2 Å². The van der Waals surface area contributed by atoms with Crippen molar-refractivity contribution in [1.29, 1.82) is 0 Å². The van der Waals surface area contributed by atoms with Crippen molar-refractivity contribution in [2.75, 3.05) is 0 Å². The number of nitrogens with zero attached hydrogens (tertiary/aromatic N) is 2. The van der Waals surface area contributed by atoms with Gasteiger partial charge in [-0.3, -0.25) is 4.79 Å². The fourth-order valence-electron chi connectivity index (χ4n) is 3.04. The summed E-state index contributed by atoms with van der Waals surface area (Å²) in [5.41, 5.74) is 1.20. The van der Waals surface area contributed by atoms with Crippen LogP contribution in [0.15, 0.2) is 36.5 Å². The van der Waals surface area contributed by atoms with E-state index in [-0.39, 0.29) is 5.88 Å². The summed E-state index contributed by atoms with van der Waals surface area (Å²) in [4.78, 5) is 11.4. The fraction of sp³-hybridized carbons (Fsp3) is 0.333. The Bertz CT molecular complexity index is 821. The van der Waals surface area contributed by atoms with E-state index in [0.29, 0.717) is 5.69 Å². The standard InChI is InChI=1S/C18H20N2O2/c1-2-3-4-7-11-20-17-15-9-6-5-8-14(15)10-12-19(17)16(13-21)18(20)22/h5-6,8-10,12-13H,2-4,7,11H2,1H3/p+1. The first-order valence-electron chi connectivity index (χ1n) is 7.87. The summed E-state index contributed by atoms with van der Waals surface area (Å²) in [6.07, 6.45) is 7.06. The first-order valence-corrected chi connectivity index (χ1v) is 7.87. The van der Waals surface area contributed by atoms with Gasteiger partial charge in [0.2, 0.25) is 0 Å². The van der Waals surface area contributed by atoms with Gasteiger partial charge < -0.3 is 5.11 Å². The van der Waals surface area contributed by atoms with E-state index >= 15 is 0 Å². The molecule has 22 heavy (non-hydrogen) atoms. The predicted octanol–water partition coefficient (Wildman–Crippen LogP) is 3.48. The number of aromatic nitrogens is 2. The molecule has 0 saturated heterocycles. The van der Waals surface area contributed by atoms with Gasteiger partial charge in [0.25, 0.3) is 11.3 Å². The minimum atomic E-state index is 0.0582. The molecular weight excluding hydrogens is 276 g/mol. The minimum Gasteiger partial charge on any atom is -0.475 e. The van der Waals surface area contributed by atoms with Gasteiger partial charge in [-0.2, -0.15) is 8.97 Å². The lowest BCUT2D eigenvalue weighted by atomic mass is 10.1. The molecule has 4 nitrogen and oxygen atoms in total. The first kappa shape index (κ1) is 14.6. The number of benzene rings is 1. The van der Waals surface area contributed by atoms with E-state index in [1.807, 2.05) is 41.1 Å². The molecular formula is C18H21N2O2+. The van der Waals surface area contributed by atoms with E-state index in [2.05, 4.69) is 6.92 Å². The molecule has 0 aliphatic rings. The SMILES string of the molecule is CCCCCC[n+]1c(O)c(C=O)n2ccc3ccccc3c21.